The Morgan fingerprint density at radius 3 is 1.64 bits per heavy atom. The molecule has 1 rings (SSSR count). The van der Waals surface area contributed by atoms with E-state index in [4.69, 9.17) is 9.90 Å². The van der Waals surface area contributed by atoms with Crippen molar-refractivity contribution >= 4 is 11.9 Å². The highest BCUT2D eigenvalue weighted by Crippen LogP contribution is 2.19. The van der Waals surface area contributed by atoms with Gasteiger partial charge in [0.15, 0.2) is 0 Å². The number of alkyl halides is 6. The Morgan fingerprint density at radius 1 is 0.955 bits per heavy atom. The number of hydrogen-bond donors (Lipinski definition) is 1. The van der Waals surface area contributed by atoms with E-state index in [1.807, 2.05) is 6.92 Å². The van der Waals surface area contributed by atoms with Crippen LogP contribution in [-0.2, 0) is 9.59 Å². The number of amides is 1. The summed E-state index contributed by atoms with van der Waals surface area (Å²) in [6.07, 6.45) is -8.83. The number of hydrogen-bond acceptors (Lipinski definition) is 3. The van der Waals surface area contributed by atoms with Crippen LogP contribution in [0.15, 0.2) is 0 Å². The molecule has 1 aliphatic heterocycles. The largest absolute Gasteiger partial charge is 0.490 e. The Hall–Kier alpha value is -1.52. The van der Waals surface area contributed by atoms with Gasteiger partial charge in [-0.15, -0.1) is 0 Å². The molecule has 0 bridgehead atoms. The van der Waals surface area contributed by atoms with Gasteiger partial charge in [-0.3, -0.25) is 9.69 Å². The van der Waals surface area contributed by atoms with Crippen molar-refractivity contribution in [3.63, 3.8) is 0 Å². The van der Waals surface area contributed by atoms with Crippen LogP contribution in [0.5, 0.6) is 0 Å². The zero-order chi connectivity index (χ0) is 17.6. The summed E-state index contributed by atoms with van der Waals surface area (Å²) in [4.78, 5) is 22.7. The third-order valence-corrected chi connectivity index (χ3v) is 2.68. The molecule has 1 amide bonds. The Labute approximate surface area is 122 Å². The Balaban J connectivity index is 0.000000534. The normalized spacial score (nSPS) is 16.8. The van der Waals surface area contributed by atoms with Gasteiger partial charge < -0.3 is 10.0 Å². The number of carbonyl (C=O) groups excluding carboxylic acids is 1. The van der Waals surface area contributed by atoms with E-state index in [0.29, 0.717) is 13.1 Å². The van der Waals surface area contributed by atoms with Gasteiger partial charge in [-0.1, -0.05) is 6.92 Å². The van der Waals surface area contributed by atoms with Gasteiger partial charge in [-0.05, 0) is 13.0 Å². The predicted molar refractivity (Wildman–Crippen MR) is 63.1 cm³/mol. The third kappa shape index (κ3) is 7.48. The number of rotatable bonds is 2. The molecule has 11 heteroatoms. The molecular weight excluding hydrogens is 322 g/mol. The van der Waals surface area contributed by atoms with E-state index in [1.54, 1.807) is 0 Å². The van der Waals surface area contributed by atoms with E-state index in [9.17, 15) is 31.1 Å². The van der Waals surface area contributed by atoms with Crippen molar-refractivity contribution in [2.75, 3.05) is 32.7 Å². The molecule has 0 spiro atoms. The lowest BCUT2D eigenvalue weighted by molar-refractivity contribution is -0.192. The first-order chi connectivity index (χ1) is 9.89. The third-order valence-electron chi connectivity index (χ3n) is 2.68. The zero-order valence-electron chi connectivity index (χ0n) is 11.7. The molecule has 1 heterocycles. The van der Waals surface area contributed by atoms with Crippen molar-refractivity contribution in [1.82, 2.24) is 9.80 Å². The summed E-state index contributed by atoms with van der Waals surface area (Å²) in [5, 5.41) is 7.12. The number of carboxylic acid groups (broad SMARTS) is 1. The average Bonchev–Trinajstić information content (AvgIpc) is 2.37. The van der Waals surface area contributed by atoms with Crippen LogP contribution in [0.1, 0.15) is 13.3 Å². The minimum absolute atomic E-state index is 0.179. The number of carbonyl (C=O) groups is 2. The summed E-state index contributed by atoms with van der Waals surface area (Å²) in [6.45, 7) is 4.34. The molecule has 0 unspecified atom stereocenters. The number of carboxylic acids is 1. The van der Waals surface area contributed by atoms with Crippen molar-refractivity contribution in [1.29, 1.82) is 0 Å². The second-order valence-electron chi connectivity index (χ2n) is 4.43. The summed E-state index contributed by atoms with van der Waals surface area (Å²) in [5.74, 6) is -4.47. The maximum atomic E-state index is 12.1. The number of piperazine rings is 1. The monoisotopic (exact) mass is 338 g/mol. The lowest BCUT2D eigenvalue weighted by Gasteiger charge is -2.34. The van der Waals surface area contributed by atoms with Crippen molar-refractivity contribution in [2.45, 2.75) is 25.7 Å². The van der Waals surface area contributed by atoms with Gasteiger partial charge in [0.1, 0.15) is 0 Å². The second kappa shape index (κ2) is 8.20. The Morgan fingerprint density at radius 2 is 1.36 bits per heavy atom. The standard InChI is InChI=1S/C9H15F3N2O.C2HF3O2/c1-2-3-13-4-6-14(7-5-13)8(15)9(10,11)12;3-2(4,5)1(6)7/h2-7H2,1H3;(H,6,7). The maximum Gasteiger partial charge on any atom is 0.490 e. The highest BCUT2D eigenvalue weighted by Gasteiger charge is 2.43. The van der Waals surface area contributed by atoms with Crippen LogP contribution in [0.2, 0.25) is 0 Å². The second-order valence-corrected chi connectivity index (χ2v) is 4.43. The van der Waals surface area contributed by atoms with Crippen LogP contribution >= 0.6 is 0 Å². The molecule has 5 nitrogen and oxygen atoms in total. The molecule has 130 valence electrons. The van der Waals surface area contributed by atoms with Gasteiger partial charge in [0.05, 0.1) is 0 Å². The van der Waals surface area contributed by atoms with Crippen LogP contribution in [-0.4, -0.2) is 71.9 Å². The van der Waals surface area contributed by atoms with E-state index in [0.717, 1.165) is 17.9 Å². The van der Waals surface area contributed by atoms with Crippen LogP contribution in [0.4, 0.5) is 26.3 Å². The topological polar surface area (TPSA) is 60.9 Å². The first kappa shape index (κ1) is 20.5. The molecule has 0 aromatic carbocycles. The molecule has 0 atom stereocenters. The van der Waals surface area contributed by atoms with Crippen molar-refractivity contribution < 1.29 is 41.0 Å². The van der Waals surface area contributed by atoms with Gasteiger partial charge >= 0.3 is 24.2 Å². The molecule has 1 fully saturated rings. The molecule has 0 saturated carbocycles. The molecular formula is C11H16F6N2O3. The molecule has 0 radical (unpaired) electrons. The molecule has 0 aromatic rings. The fraction of sp³-hybridized carbons (Fsp3) is 0.818. The van der Waals surface area contributed by atoms with Gasteiger partial charge in [0, 0.05) is 26.2 Å². The van der Waals surface area contributed by atoms with Crippen molar-refractivity contribution in [3.8, 4) is 0 Å². The Kier molecular flexibility index (Phi) is 7.64. The highest BCUT2D eigenvalue weighted by atomic mass is 19.4. The maximum absolute atomic E-state index is 12.1. The lowest BCUT2D eigenvalue weighted by Crippen LogP contribution is -2.52. The zero-order valence-corrected chi connectivity index (χ0v) is 11.7. The van der Waals surface area contributed by atoms with Gasteiger partial charge in [-0.2, -0.15) is 26.3 Å². The molecule has 0 aliphatic carbocycles. The lowest BCUT2D eigenvalue weighted by atomic mass is 10.3. The molecule has 1 N–H and O–H groups in total. The molecule has 0 aromatic heterocycles. The van der Waals surface area contributed by atoms with E-state index >= 15 is 0 Å². The average molecular weight is 338 g/mol. The SMILES string of the molecule is CCCN1CCN(C(=O)C(F)(F)F)CC1.O=C(O)C(F)(F)F. The van der Waals surface area contributed by atoms with E-state index in [2.05, 4.69) is 4.90 Å². The summed E-state index contributed by atoms with van der Waals surface area (Å²) >= 11 is 0. The van der Waals surface area contributed by atoms with Crippen molar-refractivity contribution in [3.05, 3.63) is 0 Å². The van der Waals surface area contributed by atoms with Gasteiger partial charge in [0.25, 0.3) is 0 Å². The van der Waals surface area contributed by atoms with E-state index < -0.39 is 24.2 Å². The Bertz CT molecular complexity index is 375. The van der Waals surface area contributed by atoms with Gasteiger partial charge in [-0.25, -0.2) is 4.79 Å². The first-order valence-corrected chi connectivity index (χ1v) is 6.28. The number of halogens is 6. The smallest absolute Gasteiger partial charge is 0.475 e. The molecule has 1 aliphatic rings. The summed E-state index contributed by atoms with van der Waals surface area (Å²) in [6, 6.07) is 0. The van der Waals surface area contributed by atoms with E-state index in [1.165, 1.54) is 0 Å². The summed E-state index contributed by atoms with van der Waals surface area (Å²) < 4.78 is 68.0. The van der Waals surface area contributed by atoms with E-state index in [-0.39, 0.29) is 13.1 Å². The predicted octanol–water partition coefficient (Wildman–Crippen LogP) is 1.74. The molecule has 22 heavy (non-hydrogen) atoms. The summed E-state index contributed by atoms with van der Waals surface area (Å²) in [5.41, 5.74) is 0. The fourth-order valence-electron chi connectivity index (χ4n) is 1.67. The first-order valence-electron chi connectivity index (χ1n) is 6.28. The minimum atomic E-state index is -5.08. The summed E-state index contributed by atoms with van der Waals surface area (Å²) in [7, 11) is 0. The number of nitrogens with zero attached hydrogens (tertiary/aromatic N) is 2. The van der Waals surface area contributed by atoms with Gasteiger partial charge in [0.2, 0.25) is 0 Å². The van der Waals surface area contributed by atoms with Crippen LogP contribution < -0.4 is 0 Å². The fourth-order valence-corrected chi connectivity index (χ4v) is 1.67. The quantitative estimate of drug-likeness (QED) is 0.779. The van der Waals surface area contributed by atoms with Crippen LogP contribution in [0.3, 0.4) is 0 Å². The van der Waals surface area contributed by atoms with Crippen LogP contribution in [0, 0.1) is 0 Å². The van der Waals surface area contributed by atoms with Crippen molar-refractivity contribution in [2.24, 2.45) is 0 Å². The number of aliphatic carboxylic acids is 1. The minimum Gasteiger partial charge on any atom is -0.475 e. The highest BCUT2D eigenvalue weighted by molar-refractivity contribution is 5.81. The molecule has 1 saturated heterocycles. The van der Waals surface area contributed by atoms with Crippen LogP contribution in [0.25, 0.3) is 0 Å².